The monoisotopic (exact) mass is 521 g/mol. The number of halogens is 1. The van der Waals surface area contributed by atoms with Gasteiger partial charge in [0.25, 0.3) is 11.1 Å². The van der Waals surface area contributed by atoms with Gasteiger partial charge in [-0.05, 0) is 54.2 Å². The molecular formula is C25H16ClN3O6S. The molecule has 2 heterocycles. The summed E-state index contributed by atoms with van der Waals surface area (Å²) in [6, 6.07) is 16.5. The van der Waals surface area contributed by atoms with E-state index in [0.717, 1.165) is 4.90 Å². The van der Waals surface area contributed by atoms with Crippen LogP contribution in [0.5, 0.6) is 0 Å². The molecule has 1 N–H and O–H groups in total. The average molecular weight is 522 g/mol. The van der Waals surface area contributed by atoms with Gasteiger partial charge in [0.1, 0.15) is 18.1 Å². The minimum Gasteiger partial charge on any atom is -0.465 e. The summed E-state index contributed by atoms with van der Waals surface area (Å²) in [6.07, 6.45) is 1.41. The van der Waals surface area contributed by atoms with Gasteiger partial charge in [-0.2, -0.15) is 5.26 Å². The number of carbonyl (C=O) groups is 4. The van der Waals surface area contributed by atoms with Crippen LogP contribution < -0.4 is 5.32 Å². The normalized spacial score (nSPS) is 14.1. The van der Waals surface area contributed by atoms with Crippen LogP contribution in [0.4, 0.5) is 10.5 Å². The van der Waals surface area contributed by atoms with Gasteiger partial charge < -0.3 is 14.5 Å². The van der Waals surface area contributed by atoms with Crippen molar-refractivity contribution < 1.29 is 28.3 Å². The number of thioether (sulfide) groups is 1. The Morgan fingerprint density at radius 2 is 1.97 bits per heavy atom. The summed E-state index contributed by atoms with van der Waals surface area (Å²) in [6.45, 7) is -0.531. The van der Waals surface area contributed by atoms with Crippen LogP contribution in [0.15, 0.2) is 63.9 Å². The third kappa shape index (κ3) is 5.17. The first kappa shape index (κ1) is 24.8. The van der Waals surface area contributed by atoms with Crippen LogP contribution >= 0.6 is 23.4 Å². The molecule has 4 rings (SSSR count). The van der Waals surface area contributed by atoms with Gasteiger partial charge in [0, 0.05) is 17.3 Å². The van der Waals surface area contributed by atoms with E-state index in [0.29, 0.717) is 34.4 Å². The maximum atomic E-state index is 12.8. The van der Waals surface area contributed by atoms with E-state index in [1.165, 1.54) is 31.4 Å². The number of imide groups is 1. The van der Waals surface area contributed by atoms with Crippen LogP contribution in [0.3, 0.4) is 0 Å². The Bertz CT molecular complexity index is 1470. The molecule has 1 saturated heterocycles. The predicted molar refractivity (Wildman–Crippen MR) is 133 cm³/mol. The molecule has 1 aliphatic rings. The summed E-state index contributed by atoms with van der Waals surface area (Å²) in [5, 5.41) is 11.3. The zero-order valence-corrected chi connectivity index (χ0v) is 20.2. The number of esters is 1. The lowest BCUT2D eigenvalue weighted by molar-refractivity contribution is -0.127. The number of benzene rings is 2. The molecule has 0 aliphatic carbocycles. The number of amides is 3. The summed E-state index contributed by atoms with van der Waals surface area (Å²) >= 11 is 6.65. The zero-order valence-electron chi connectivity index (χ0n) is 18.6. The molecule has 0 atom stereocenters. The number of carbonyl (C=O) groups excluding carboxylic acids is 4. The highest BCUT2D eigenvalue weighted by atomic mass is 35.5. The molecule has 11 heteroatoms. The molecule has 0 saturated carbocycles. The molecule has 3 amide bonds. The van der Waals surface area contributed by atoms with E-state index in [9.17, 15) is 24.4 Å². The predicted octanol–water partition coefficient (Wildman–Crippen LogP) is 4.93. The van der Waals surface area contributed by atoms with Gasteiger partial charge in [0.15, 0.2) is 0 Å². The lowest BCUT2D eigenvalue weighted by atomic mass is 10.1. The van der Waals surface area contributed by atoms with E-state index in [1.807, 2.05) is 0 Å². The summed E-state index contributed by atoms with van der Waals surface area (Å²) in [4.78, 5) is 50.4. The first-order chi connectivity index (χ1) is 17.3. The van der Waals surface area contributed by atoms with Crippen molar-refractivity contribution in [3.8, 4) is 17.4 Å². The minimum absolute atomic E-state index is 0.0567. The molecule has 1 aromatic heterocycles. The van der Waals surface area contributed by atoms with E-state index in [-0.39, 0.29) is 21.2 Å². The van der Waals surface area contributed by atoms with Gasteiger partial charge in [-0.15, -0.1) is 0 Å². The van der Waals surface area contributed by atoms with Crippen molar-refractivity contribution >= 4 is 58.1 Å². The SMILES string of the molecule is COC(=O)c1cc(NC(=O)CN2C(=O)S/C(=C/c3ccc(-c4ccccc4C#N)o3)C2=O)ccc1Cl. The number of furan rings is 1. The lowest BCUT2D eigenvalue weighted by Crippen LogP contribution is -2.36. The lowest BCUT2D eigenvalue weighted by Gasteiger charge is -2.13. The van der Waals surface area contributed by atoms with E-state index in [2.05, 4.69) is 16.1 Å². The number of rotatable bonds is 6. The highest BCUT2D eigenvalue weighted by Gasteiger charge is 2.36. The molecule has 0 radical (unpaired) electrons. The summed E-state index contributed by atoms with van der Waals surface area (Å²) in [5.74, 6) is -1.23. The van der Waals surface area contributed by atoms with Crippen molar-refractivity contribution in [2.75, 3.05) is 19.0 Å². The van der Waals surface area contributed by atoms with Crippen LogP contribution in [-0.4, -0.2) is 41.6 Å². The van der Waals surface area contributed by atoms with Crippen LogP contribution in [0.1, 0.15) is 21.7 Å². The van der Waals surface area contributed by atoms with E-state index in [4.69, 9.17) is 16.0 Å². The van der Waals surface area contributed by atoms with Crippen LogP contribution in [-0.2, 0) is 14.3 Å². The second-order valence-electron chi connectivity index (χ2n) is 7.36. The summed E-state index contributed by atoms with van der Waals surface area (Å²) < 4.78 is 10.4. The van der Waals surface area contributed by atoms with Gasteiger partial charge in [-0.25, -0.2) is 4.79 Å². The Morgan fingerprint density at radius 1 is 1.19 bits per heavy atom. The smallest absolute Gasteiger partial charge is 0.339 e. The van der Waals surface area contributed by atoms with Crippen molar-refractivity contribution in [2.45, 2.75) is 0 Å². The first-order valence-corrected chi connectivity index (χ1v) is 11.5. The van der Waals surface area contributed by atoms with Crippen molar-refractivity contribution in [1.29, 1.82) is 5.26 Å². The van der Waals surface area contributed by atoms with Crippen LogP contribution in [0.2, 0.25) is 5.02 Å². The standard InChI is InChI=1S/C25H16ClN3O6S/c1-34-24(32)18-10-15(6-8-19(18)26)28-22(30)13-29-23(31)21(36-25(29)33)11-16-7-9-20(35-16)17-5-3-2-4-14(17)12-27/h2-11H,13H2,1H3,(H,28,30)/b21-11+. The number of hydrogen-bond donors (Lipinski definition) is 1. The van der Waals surface area contributed by atoms with E-state index < -0.39 is 29.6 Å². The Morgan fingerprint density at radius 3 is 2.72 bits per heavy atom. The van der Waals surface area contributed by atoms with Gasteiger partial charge in [0.2, 0.25) is 5.91 Å². The maximum Gasteiger partial charge on any atom is 0.339 e. The largest absolute Gasteiger partial charge is 0.465 e. The number of anilines is 1. The van der Waals surface area contributed by atoms with Crippen molar-refractivity contribution in [3.05, 3.63) is 81.4 Å². The highest BCUT2D eigenvalue weighted by Crippen LogP contribution is 2.34. The summed E-state index contributed by atoms with van der Waals surface area (Å²) in [5.41, 5.74) is 1.33. The molecule has 1 aliphatic heterocycles. The number of nitriles is 1. The maximum absolute atomic E-state index is 12.8. The topological polar surface area (TPSA) is 130 Å². The number of hydrogen-bond acceptors (Lipinski definition) is 8. The molecule has 9 nitrogen and oxygen atoms in total. The first-order valence-electron chi connectivity index (χ1n) is 10.3. The highest BCUT2D eigenvalue weighted by molar-refractivity contribution is 8.18. The Balaban J connectivity index is 1.46. The molecule has 2 aromatic carbocycles. The molecule has 3 aromatic rings. The van der Waals surface area contributed by atoms with Crippen molar-refractivity contribution in [3.63, 3.8) is 0 Å². The van der Waals surface area contributed by atoms with Gasteiger partial charge in [-0.3, -0.25) is 19.3 Å². The average Bonchev–Trinajstić information content (AvgIpc) is 3.44. The fourth-order valence-electron chi connectivity index (χ4n) is 3.35. The quantitative estimate of drug-likeness (QED) is 0.357. The van der Waals surface area contributed by atoms with Gasteiger partial charge >= 0.3 is 5.97 Å². The van der Waals surface area contributed by atoms with E-state index in [1.54, 1.807) is 36.4 Å². The Hall–Kier alpha value is -4.33. The number of methoxy groups -OCH3 is 1. The van der Waals surface area contributed by atoms with E-state index >= 15 is 0 Å². The molecule has 36 heavy (non-hydrogen) atoms. The molecule has 180 valence electrons. The van der Waals surface area contributed by atoms with Crippen molar-refractivity contribution in [2.24, 2.45) is 0 Å². The number of ether oxygens (including phenoxy) is 1. The molecule has 0 spiro atoms. The minimum atomic E-state index is -0.677. The Labute approximate surface area is 214 Å². The number of nitrogens with one attached hydrogen (secondary N) is 1. The molecule has 0 unspecified atom stereocenters. The third-order valence-electron chi connectivity index (χ3n) is 5.04. The zero-order chi connectivity index (χ0) is 25.8. The third-order valence-corrected chi connectivity index (χ3v) is 6.28. The van der Waals surface area contributed by atoms with Crippen LogP contribution in [0, 0.1) is 11.3 Å². The second kappa shape index (κ2) is 10.5. The fourth-order valence-corrected chi connectivity index (χ4v) is 4.36. The second-order valence-corrected chi connectivity index (χ2v) is 8.76. The Kier molecular flexibility index (Phi) is 7.24. The molecule has 1 fully saturated rings. The fraction of sp³-hybridized carbons (Fsp3) is 0.0800. The van der Waals surface area contributed by atoms with Crippen LogP contribution in [0.25, 0.3) is 17.4 Å². The number of nitrogens with zero attached hydrogens (tertiary/aromatic N) is 2. The molecular weight excluding hydrogens is 506 g/mol. The summed E-state index contributed by atoms with van der Waals surface area (Å²) in [7, 11) is 1.20. The van der Waals surface area contributed by atoms with Gasteiger partial charge in [0.05, 0.1) is 34.2 Å². The van der Waals surface area contributed by atoms with Gasteiger partial charge in [-0.1, -0.05) is 23.7 Å². The van der Waals surface area contributed by atoms with Crippen molar-refractivity contribution in [1.82, 2.24) is 4.90 Å². The molecule has 0 bridgehead atoms.